The van der Waals surface area contributed by atoms with Crippen LogP contribution in [0.1, 0.15) is 12.8 Å². The summed E-state index contributed by atoms with van der Waals surface area (Å²) in [4.78, 5) is 24.0. The molecule has 3 rings (SSSR count). The number of ether oxygens (including phenoxy) is 3. The highest BCUT2D eigenvalue weighted by Gasteiger charge is 2.26. The minimum absolute atomic E-state index is 0.0103. The van der Waals surface area contributed by atoms with Crippen LogP contribution in [0.4, 0.5) is 0 Å². The van der Waals surface area contributed by atoms with E-state index in [9.17, 15) is 14.7 Å². The highest BCUT2D eigenvalue weighted by molar-refractivity contribution is 6.31. The van der Waals surface area contributed by atoms with Crippen molar-refractivity contribution in [2.45, 2.75) is 12.8 Å². The van der Waals surface area contributed by atoms with Crippen LogP contribution in [0.3, 0.4) is 0 Å². The summed E-state index contributed by atoms with van der Waals surface area (Å²) < 4.78 is 17.3. The average molecular weight is 496 g/mol. The fourth-order valence-corrected chi connectivity index (χ4v) is 3.88. The highest BCUT2D eigenvalue weighted by atomic mass is 35.5. The van der Waals surface area contributed by atoms with Gasteiger partial charge in [0.05, 0.1) is 19.8 Å². The van der Waals surface area contributed by atoms with Crippen molar-refractivity contribution in [2.24, 2.45) is 5.92 Å². The molecule has 33 heavy (non-hydrogen) atoms. The van der Waals surface area contributed by atoms with Gasteiger partial charge in [0.1, 0.15) is 5.70 Å². The number of aliphatic carboxylic acids is 2. The molecule has 0 saturated carbocycles. The molecule has 0 radical (unpaired) electrons. The Morgan fingerprint density at radius 2 is 1.73 bits per heavy atom. The number of hydrogen-bond donors (Lipinski definition) is 2. The van der Waals surface area contributed by atoms with Crippen molar-refractivity contribution in [3.05, 3.63) is 58.2 Å². The van der Waals surface area contributed by atoms with Crippen LogP contribution in [-0.4, -0.2) is 53.9 Å². The Balaban J connectivity index is 1.73. The molecule has 0 aromatic heterocycles. The summed E-state index contributed by atoms with van der Waals surface area (Å²) >= 11 is 12.2. The van der Waals surface area contributed by atoms with Crippen LogP contribution in [0, 0.1) is 5.92 Å². The van der Waals surface area contributed by atoms with Gasteiger partial charge in [0.2, 0.25) is 0 Å². The molecule has 0 bridgehead atoms. The van der Waals surface area contributed by atoms with E-state index in [1.54, 1.807) is 41.3 Å². The number of rotatable bonds is 9. The molecule has 2 aromatic rings. The quantitative estimate of drug-likeness (QED) is 0.471. The number of carboxylic acid groups (broad SMARTS) is 2. The van der Waals surface area contributed by atoms with Crippen molar-refractivity contribution in [2.75, 3.05) is 26.8 Å². The van der Waals surface area contributed by atoms with Crippen molar-refractivity contribution in [1.29, 1.82) is 0 Å². The number of piperidine rings is 1. The Bertz CT molecular complexity index is 1060. The molecule has 0 unspecified atom stereocenters. The van der Waals surface area contributed by atoms with E-state index in [4.69, 9.17) is 42.5 Å². The molecule has 1 aliphatic heterocycles. The van der Waals surface area contributed by atoms with E-state index in [2.05, 4.69) is 0 Å². The minimum atomic E-state index is -1.30. The molecular formula is C23H23Cl2NO7. The van der Waals surface area contributed by atoms with E-state index in [0.29, 0.717) is 52.6 Å². The van der Waals surface area contributed by atoms with Gasteiger partial charge in [-0.2, -0.15) is 0 Å². The molecular weight excluding hydrogens is 473 g/mol. The van der Waals surface area contributed by atoms with Crippen LogP contribution in [0.5, 0.6) is 23.0 Å². The van der Waals surface area contributed by atoms with Crippen LogP contribution in [0.2, 0.25) is 10.0 Å². The van der Waals surface area contributed by atoms with Gasteiger partial charge < -0.3 is 29.3 Å². The molecule has 8 nitrogen and oxygen atoms in total. The van der Waals surface area contributed by atoms with E-state index in [0.717, 1.165) is 12.5 Å². The van der Waals surface area contributed by atoms with Gasteiger partial charge in [0.25, 0.3) is 0 Å². The lowest BCUT2D eigenvalue weighted by atomic mass is 9.98. The molecule has 1 atom stereocenters. The topological polar surface area (TPSA) is 106 Å². The van der Waals surface area contributed by atoms with Gasteiger partial charge in [-0.1, -0.05) is 23.2 Å². The third-order valence-electron chi connectivity index (χ3n) is 5.06. The maximum absolute atomic E-state index is 11.5. The number of benzene rings is 2. The summed E-state index contributed by atoms with van der Waals surface area (Å²) in [6.07, 6.45) is 2.24. The zero-order valence-electron chi connectivity index (χ0n) is 17.8. The molecule has 1 fully saturated rings. The Kier molecular flexibility index (Phi) is 8.30. The normalized spacial score (nSPS) is 16.3. The second kappa shape index (κ2) is 11.2. The number of halogens is 2. The van der Waals surface area contributed by atoms with E-state index in [-0.39, 0.29) is 18.2 Å². The fraction of sp³-hybridized carbons (Fsp3) is 0.304. The Hall–Kier alpha value is -3.10. The number of likely N-dealkylation sites (tertiary alicyclic amines) is 1. The third kappa shape index (κ3) is 6.69. The van der Waals surface area contributed by atoms with Crippen LogP contribution < -0.4 is 14.2 Å². The van der Waals surface area contributed by atoms with Gasteiger partial charge in [-0.3, -0.25) is 0 Å². The molecule has 1 aliphatic rings. The highest BCUT2D eigenvalue weighted by Crippen LogP contribution is 2.39. The largest absolute Gasteiger partial charge is 0.493 e. The molecule has 2 aromatic carbocycles. The van der Waals surface area contributed by atoms with Gasteiger partial charge in [0.15, 0.2) is 23.0 Å². The molecule has 2 N–H and O–H groups in total. The SMILES string of the molecule is COc1cc(Cl)ccc1Oc1cc(Cl)ccc1OC[C@H]1CCCN(/C(=C\C(=O)O)C(=O)O)C1. The molecule has 1 heterocycles. The predicted octanol–water partition coefficient (Wildman–Crippen LogP) is 4.94. The number of nitrogens with zero attached hydrogens (tertiary/aromatic N) is 1. The number of carbonyl (C=O) groups is 2. The zero-order chi connectivity index (χ0) is 24.0. The predicted molar refractivity (Wildman–Crippen MR) is 123 cm³/mol. The van der Waals surface area contributed by atoms with Crippen LogP contribution in [0.25, 0.3) is 0 Å². The molecule has 0 aliphatic carbocycles. The first-order chi connectivity index (χ1) is 15.8. The fourth-order valence-electron chi connectivity index (χ4n) is 3.56. The van der Waals surface area contributed by atoms with Crippen LogP contribution in [-0.2, 0) is 9.59 Å². The first kappa shape index (κ1) is 24.5. The summed E-state index contributed by atoms with van der Waals surface area (Å²) in [5, 5.41) is 19.3. The number of methoxy groups -OCH3 is 1. The lowest BCUT2D eigenvalue weighted by molar-refractivity contribution is -0.136. The Morgan fingerprint density at radius 1 is 1.06 bits per heavy atom. The maximum atomic E-state index is 11.5. The van der Waals surface area contributed by atoms with Gasteiger partial charge in [-0.15, -0.1) is 0 Å². The summed E-state index contributed by atoms with van der Waals surface area (Å²) in [7, 11) is 1.51. The summed E-state index contributed by atoms with van der Waals surface area (Å²) in [6, 6.07) is 9.96. The standard InChI is InChI=1S/C23H23Cl2NO7/c1-31-20-9-15(24)5-7-19(20)33-21-10-16(25)4-6-18(21)32-13-14-3-2-8-26(12-14)17(23(29)30)11-22(27)28/h4-7,9-11,14H,2-3,8,12-13H2,1H3,(H,27,28)(H,29,30)/b17-11-/t14-/m0/s1. The van der Waals surface area contributed by atoms with Gasteiger partial charge in [-0.25, -0.2) is 9.59 Å². The van der Waals surface area contributed by atoms with Crippen molar-refractivity contribution >= 4 is 35.1 Å². The van der Waals surface area contributed by atoms with E-state index < -0.39 is 11.9 Å². The smallest absolute Gasteiger partial charge is 0.352 e. The van der Waals surface area contributed by atoms with E-state index in [1.807, 2.05) is 0 Å². The second-order valence-corrected chi connectivity index (χ2v) is 8.30. The second-order valence-electron chi connectivity index (χ2n) is 7.43. The van der Waals surface area contributed by atoms with Gasteiger partial charge >= 0.3 is 11.9 Å². The third-order valence-corrected chi connectivity index (χ3v) is 5.54. The minimum Gasteiger partial charge on any atom is -0.493 e. The summed E-state index contributed by atoms with van der Waals surface area (Å²) in [5.41, 5.74) is -0.238. The first-order valence-electron chi connectivity index (χ1n) is 10.1. The van der Waals surface area contributed by atoms with Crippen molar-refractivity contribution in [3.63, 3.8) is 0 Å². The first-order valence-corrected chi connectivity index (χ1v) is 10.9. The van der Waals surface area contributed by atoms with Crippen LogP contribution >= 0.6 is 23.2 Å². The molecule has 0 spiro atoms. The average Bonchev–Trinajstić information content (AvgIpc) is 2.78. The van der Waals surface area contributed by atoms with E-state index in [1.165, 1.54) is 7.11 Å². The molecule has 10 heteroatoms. The summed E-state index contributed by atoms with van der Waals surface area (Å²) in [5.74, 6) is -0.870. The van der Waals surface area contributed by atoms with Crippen molar-refractivity contribution < 1.29 is 34.0 Å². The molecule has 1 saturated heterocycles. The Morgan fingerprint density at radius 3 is 2.36 bits per heavy atom. The Labute approximate surface area is 200 Å². The monoisotopic (exact) mass is 495 g/mol. The van der Waals surface area contributed by atoms with Gasteiger partial charge in [-0.05, 0) is 37.1 Å². The van der Waals surface area contributed by atoms with Gasteiger partial charge in [0, 0.05) is 41.2 Å². The van der Waals surface area contributed by atoms with Crippen molar-refractivity contribution in [3.8, 4) is 23.0 Å². The summed E-state index contributed by atoms with van der Waals surface area (Å²) in [6.45, 7) is 1.11. The lowest BCUT2D eigenvalue weighted by Gasteiger charge is -2.34. The molecule has 176 valence electrons. The maximum Gasteiger partial charge on any atom is 0.352 e. The number of carboxylic acids is 2. The lowest BCUT2D eigenvalue weighted by Crippen LogP contribution is -2.39. The van der Waals surface area contributed by atoms with Crippen LogP contribution in [0.15, 0.2) is 48.2 Å². The zero-order valence-corrected chi connectivity index (χ0v) is 19.3. The van der Waals surface area contributed by atoms with E-state index >= 15 is 0 Å². The van der Waals surface area contributed by atoms with Crippen molar-refractivity contribution in [1.82, 2.24) is 4.90 Å². The molecule has 0 amide bonds. The number of hydrogen-bond acceptors (Lipinski definition) is 6.